The van der Waals surface area contributed by atoms with Crippen LogP contribution in [-0.4, -0.2) is 16.5 Å². The van der Waals surface area contributed by atoms with Crippen molar-refractivity contribution in [3.8, 4) is 11.3 Å². The minimum absolute atomic E-state index is 0.257. The first-order valence-electron chi connectivity index (χ1n) is 5.86. The number of benzene rings is 1. The fourth-order valence-electron chi connectivity index (χ4n) is 2.21. The summed E-state index contributed by atoms with van der Waals surface area (Å²) in [5.41, 5.74) is 9.44. The highest BCUT2D eigenvalue weighted by atomic mass is 19.1. The van der Waals surface area contributed by atoms with E-state index in [1.54, 1.807) is 12.1 Å². The van der Waals surface area contributed by atoms with Gasteiger partial charge >= 0.3 is 0 Å². The number of hydrogen-bond donors (Lipinski definition) is 2. The van der Waals surface area contributed by atoms with Crippen molar-refractivity contribution >= 4 is 5.95 Å². The maximum absolute atomic E-state index is 13.0. The zero-order valence-corrected chi connectivity index (χ0v) is 9.78. The number of aromatic nitrogens is 2. The summed E-state index contributed by atoms with van der Waals surface area (Å²) in [6.07, 6.45) is 0.844. The Bertz CT molecular complexity index is 580. The van der Waals surface area contributed by atoms with Gasteiger partial charge in [-0.1, -0.05) is 0 Å². The number of rotatable bonds is 1. The van der Waals surface area contributed by atoms with Crippen LogP contribution in [0.5, 0.6) is 0 Å². The molecule has 0 saturated heterocycles. The molecule has 0 radical (unpaired) electrons. The molecule has 0 aliphatic carbocycles. The molecule has 5 heteroatoms. The maximum atomic E-state index is 13.0. The van der Waals surface area contributed by atoms with E-state index < -0.39 is 0 Å². The average molecular weight is 244 g/mol. The third kappa shape index (κ3) is 1.93. The Kier molecular flexibility index (Phi) is 2.68. The zero-order chi connectivity index (χ0) is 12.5. The van der Waals surface area contributed by atoms with Gasteiger partial charge in [-0.25, -0.2) is 14.4 Å². The van der Waals surface area contributed by atoms with Gasteiger partial charge in [0.15, 0.2) is 0 Å². The van der Waals surface area contributed by atoms with E-state index in [1.807, 2.05) is 0 Å². The lowest BCUT2D eigenvalue weighted by Crippen LogP contribution is -2.26. The van der Waals surface area contributed by atoms with E-state index in [9.17, 15) is 4.39 Å². The lowest BCUT2D eigenvalue weighted by molar-refractivity contribution is 0.626. The van der Waals surface area contributed by atoms with Crippen LogP contribution < -0.4 is 11.1 Å². The van der Waals surface area contributed by atoms with Crippen molar-refractivity contribution in [1.82, 2.24) is 15.3 Å². The highest BCUT2D eigenvalue weighted by molar-refractivity contribution is 5.65. The van der Waals surface area contributed by atoms with Crippen molar-refractivity contribution in [1.29, 1.82) is 0 Å². The van der Waals surface area contributed by atoms with Gasteiger partial charge in [0.05, 0.1) is 11.4 Å². The van der Waals surface area contributed by atoms with Gasteiger partial charge < -0.3 is 11.1 Å². The molecule has 0 spiro atoms. The summed E-state index contributed by atoms with van der Waals surface area (Å²) >= 11 is 0. The number of nitrogens with two attached hydrogens (primary N) is 1. The van der Waals surface area contributed by atoms with Crippen LogP contribution in [0.4, 0.5) is 10.3 Å². The number of nitrogens with zero attached hydrogens (tertiary/aromatic N) is 2. The van der Waals surface area contributed by atoms with Crippen molar-refractivity contribution in [3.05, 3.63) is 41.3 Å². The quantitative estimate of drug-likeness (QED) is 0.798. The van der Waals surface area contributed by atoms with E-state index in [1.165, 1.54) is 12.1 Å². The summed E-state index contributed by atoms with van der Waals surface area (Å²) in [6.45, 7) is 1.62. The highest BCUT2D eigenvalue weighted by Crippen LogP contribution is 2.26. The molecule has 0 saturated carbocycles. The van der Waals surface area contributed by atoms with E-state index in [0.29, 0.717) is 0 Å². The van der Waals surface area contributed by atoms with Crippen molar-refractivity contribution in [2.45, 2.75) is 13.0 Å². The Hall–Kier alpha value is -2.01. The predicted octanol–water partition coefficient (Wildman–Crippen LogP) is 1.51. The van der Waals surface area contributed by atoms with Gasteiger partial charge in [0.1, 0.15) is 5.82 Å². The number of anilines is 1. The molecule has 1 aliphatic heterocycles. The van der Waals surface area contributed by atoms with Gasteiger partial charge in [0, 0.05) is 30.6 Å². The molecule has 2 heterocycles. The minimum atomic E-state index is -0.257. The molecular formula is C13H13FN4. The Balaban J connectivity index is 2.16. The van der Waals surface area contributed by atoms with Crippen molar-refractivity contribution in [2.24, 2.45) is 0 Å². The van der Waals surface area contributed by atoms with Crippen LogP contribution in [0.3, 0.4) is 0 Å². The van der Waals surface area contributed by atoms with Crippen LogP contribution in [0.15, 0.2) is 24.3 Å². The number of fused-ring (bicyclic) bond motifs is 1. The molecular weight excluding hydrogens is 231 g/mol. The molecule has 3 N–H and O–H groups in total. The summed E-state index contributed by atoms with van der Waals surface area (Å²) in [7, 11) is 0. The van der Waals surface area contributed by atoms with Gasteiger partial charge in [-0.3, -0.25) is 0 Å². The molecule has 92 valence electrons. The van der Waals surface area contributed by atoms with E-state index in [4.69, 9.17) is 5.73 Å². The molecule has 1 aliphatic rings. The zero-order valence-electron chi connectivity index (χ0n) is 9.78. The lowest BCUT2D eigenvalue weighted by Gasteiger charge is -2.19. The normalized spacial score (nSPS) is 14.3. The monoisotopic (exact) mass is 244 g/mol. The standard InChI is InChI=1S/C13H13FN4/c14-9-3-1-8(2-4-9)12-10-7-16-6-5-11(10)17-13(15)18-12/h1-4,16H,5-7H2,(H2,15,17,18). The Labute approximate surface area is 104 Å². The summed E-state index contributed by atoms with van der Waals surface area (Å²) in [5, 5.41) is 3.29. The van der Waals surface area contributed by atoms with E-state index in [0.717, 1.165) is 42.0 Å². The molecule has 18 heavy (non-hydrogen) atoms. The fraction of sp³-hybridized carbons (Fsp3) is 0.231. The van der Waals surface area contributed by atoms with Crippen LogP contribution in [0.2, 0.25) is 0 Å². The predicted molar refractivity (Wildman–Crippen MR) is 67.2 cm³/mol. The smallest absolute Gasteiger partial charge is 0.220 e. The molecule has 4 nitrogen and oxygen atoms in total. The third-order valence-electron chi connectivity index (χ3n) is 3.07. The second-order valence-electron chi connectivity index (χ2n) is 4.29. The SMILES string of the molecule is Nc1nc2c(c(-c3ccc(F)cc3)n1)CNCC2. The number of hydrogen-bond acceptors (Lipinski definition) is 4. The van der Waals surface area contributed by atoms with Crippen LogP contribution in [0, 0.1) is 5.82 Å². The van der Waals surface area contributed by atoms with Crippen LogP contribution in [0.25, 0.3) is 11.3 Å². The van der Waals surface area contributed by atoms with Gasteiger partial charge in [-0.15, -0.1) is 0 Å². The molecule has 1 aromatic carbocycles. The topological polar surface area (TPSA) is 63.8 Å². The molecule has 0 bridgehead atoms. The first-order chi connectivity index (χ1) is 8.74. The molecule has 0 amide bonds. The van der Waals surface area contributed by atoms with Gasteiger partial charge in [0.2, 0.25) is 5.95 Å². The molecule has 3 rings (SSSR count). The van der Waals surface area contributed by atoms with Crippen LogP contribution in [-0.2, 0) is 13.0 Å². The second-order valence-corrected chi connectivity index (χ2v) is 4.29. The summed E-state index contributed by atoms with van der Waals surface area (Å²) in [5.74, 6) is 0.0164. The number of nitrogens with one attached hydrogen (secondary N) is 1. The average Bonchev–Trinajstić information content (AvgIpc) is 2.38. The van der Waals surface area contributed by atoms with E-state index >= 15 is 0 Å². The van der Waals surface area contributed by atoms with Crippen molar-refractivity contribution in [2.75, 3.05) is 12.3 Å². The maximum Gasteiger partial charge on any atom is 0.220 e. The molecule has 0 fully saturated rings. The fourth-order valence-corrected chi connectivity index (χ4v) is 2.21. The van der Waals surface area contributed by atoms with E-state index in [2.05, 4.69) is 15.3 Å². The Morgan fingerprint density at radius 1 is 1.17 bits per heavy atom. The van der Waals surface area contributed by atoms with Crippen molar-refractivity contribution < 1.29 is 4.39 Å². The van der Waals surface area contributed by atoms with Crippen molar-refractivity contribution in [3.63, 3.8) is 0 Å². The number of halogens is 1. The molecule has 2 aromatic rings. The number of nitrogen functional groups attached to an aromatic ring is 1. The minimum Gasteiger partial charge on any atom is -0.368 e. The highest BCUT2D eigenvalue weighted by Gasteiger charge is 2.17. The molecule has 1 aromatic heterocycles. The second kappa shape index (κ2) is 4.34. The third-order valence-corrected chi connectivity index (χ3v) is 3.07. The van der Waals surface area contributed by atoms with Crippen LogP contribution in [0.1, 0.15) is 11.3 Å². The summed E-state index contributed by atoms with van der Waals surface area (Å²) in [6, 6.07) is 6.28. The largest absolute Gasteiger partial charge is 0.368 e. The van der Waals surface area contributed by atoms with Gasteiger partial charge in [0.25, 0.3) is 0 Å². The van der Waals surface area contributed by atoms with Gasteiger partial charge in [-0.05, 0) is 24.3 Å². The molecule has 0 atom stereocenters. The Morgan fingerprint density at radius 3 is 2.72 bits per heavy atom. The lowest BCUT2D eigenvalue weighted by atomic mass is 10.0. The summed E-state index contributed by atoms with van der Waals surface area (Å²) in [4.78, 5) is 8.56. The first-order valence-corrected chi connectivity index (χ1v) is 5.86. The van der Waals surface area contributed by atoms with Crippen LogP contribution >= 0.6 is 0 Å². The molecule has 0 unspecified atom stereocenters. The van der Waals surface area contributed by atoms with Gasteiger partial charge in [-0.2, -0.15) is 0 Å². The first kappa shape index (κ1) is 11.1. The van der Waals surface area contributed by atoms with E-state index in [-0.39, 0.29) is 11.8 Å². The summed E-state index contributed by atoms with van der Waals surface area (Å²) < 4.78 is 13.0. The Morgan fingerprint density at radius 2 is 1.94 bits per heavy atom.